The van der Waals surface area contributed by atoms with Crippen molar-refractivity contribution in [3.05, 3.63) is 70.7 Å². The summed E-state index contributed by atoms with van der Waals surface area (Å²) in [5.74, 6) is -12.5. The summed E-state index contributed by atoms with van der Waals surface area (Å²) in [5.41, 5.74) is 1.07. The van der Waals surface area contributed by atoms with Crippen molar-refractivity contribution in [3.8, 4) is 5.75 Å². The van der Waals surface area contributed by atoms with Gasteiger partial charge in [0.25, 0.3) is 5.91 Å². The number of furan rings is 1. The molecule has 1 saturated heterocycles. The molecule has 0 spiro atoms. The van der Waals surface area contributed by atoms with Gasteiger partial charge >= 0.3 is 0 Å². The molecule has 1 fully saturated rings. The molecule has 0 radical (unpaired) electrons. The summed E-state index contributed by atoms with van der Waals surface area (Å²) in [6.45, 7) is 2.32. The molecule has 1 aliphatic heterocycles. The topological polar surface area (TPSA) is 63.7 Å². The first-order valence-electron chi connectivity index (χ1n) is 9.96. The van der Waals surface area contributed by atoms with E-state index in [1.807, 2.05) is 13.2 Å². The van der Waals surface area contributed by atoms with Crippen LogP contribution in [0.3, 0.4) is 0 Å². The van der Waals surface area contributed by atoms with Gasteiger partial charge in [0.1, 0.15) is 12.4 Å². The largest absolute Gasteiger partial charge is 0.479 e. The number of hydrogen-bond acceptors (Lipinski definition) is 5. The standard InChI is InChI=1S/C21H19F5N4O3/c1-28-9-12(8-27-28)10-29-4-6-30(7-5-29)21(31)14-3-2-13(33-14)11-32-20-18(25)16(23)15(22)17(24)19(20)26/h2-3,8-9H,4-7,10-11H2,1H3. The van der Waals surface area contributed by atoms with Crippen LogP contribution in [-0.2, 0) is 20.2 Å². The minimum absolute atomic E-state index is 0.0162. The number of piperazine rings is 1. The van der Waals surface area contributed by atoms with E-state index in [4.69, 9.17) is 9.15 Å². The second kappa shape index (κ2) is 9.22. The van der Waals surface area contributed by atoms with Gasteiger partial charge in [0.2, 0.25) is 29.1 Å². The van der Waals surface area contributed by atoms with Gasteiger partial charge in [-0.2, -0.15) is 13.9 Å². The van der Waals surface area contributed by atoms with Crippen LogP contribution >= 0.6 is 0 Å². The zero-order valence-electron chi connectivity index (χ0n) is 17.5. The maximum absolute atomic E-state index is 13.7. The Kier molecular flexibility index (Phi) is 6.36. The molecule has 4 rings (SSSR count). The van der Waals surface area contributed by atoms with Gasteiger partial charge in [0.05, 0.1) is 6.20 Å². The molecule has 1 aromatic carbocycles. The summed E-state index contributed by atoms with van der Waals surface area (Å²) in [6, 6.07) is 2.69. The van der Waals surface area contributed by atoms with E-state index in [2.05, 4.69) is 10.00 Å². The van der Waals surface area contributed by atoms with Gasteiger partial charge in [-0.05, 0) is 12.1 Å². The van der Waals surface area contributed by atoms with Crippen LogP contribution in [0, 0.1) is 29.1 Å². The van der Waals surface area contributed by atoms with Crippen LogP contribution in [0.4, 0.5) is 22.0 Å². The number of rotatable bonds is 6. The molecule has 0 aliphatic carbocycles. The molecule has 0 unspecified atom stereocenters. The number of carbonyl (C=O) groups is 1. The number of carbonyl (C=O) groups excluding carboxylic acids is 1. The molecular weight excluding hydrogens is 451 g/mol. The summed E-state index contributed by atoms with van der Waals surface area (Å²) in [6.07, 6.45) is 3.72. The Labute approximate surface area is 184 Å². The fraction of sp³-hybridized carbons (Fsp3) is 0.333. The predicted octanol–water partition coefficient (Wildman–Crippen LogP) is 3.25. The van der Waals surface area contributed by atoms with Gasteiger partial charge in [-0.3, -0.25) is 14.4 Å². The van der Waals surface area contributed by atoms with E-state index in [1.165, 1.54) is 12.1 Å². The molecule has 7 nitrogen and oxygen atoms in total. The van der Waals surface area contributed by atoms with Crippen LogP contribution < -0.4 is 4.74 Å². The molecule has 176 valence electrons. The summed E-state index contributed by atoms with van der Waals surface area (Å²) < 4.78 is 78.9. The highest BCUT2D eigenvalue weighted by Gasteiger charge is 2.28. The lowest BCUT2D eigenvalue weighted by Crippen LogP contribution is -2.48. The van der Waals surface area contributed by atoms with Crippen LogP contribution in [-0.4, -0.2) is 51.7 Å². The van der Waals surface area contributed by atoms with Crippen molar-refractivity contribution >= 4 is 5.91 Å². The second-order valence-electron chi connectivity index (χ2n) is 7.54. The maximum Gasteiger partial charge on any atom is 0.289 e. The number of halogens is 5. The molecule has 0 saturated carbocycles. The molecule has 12 heteroatoms. The monoisotopic (exact) mass is 470 g/mol. The molecule has 3 heterocycles. The van der Waals surface area contributed by atoms with E-state index in [0.29, 0.717) is 26.2 Å². The predicted molar refractivity (Wildman–Crippen MR) is 104 cm³/mol. The number of hydrogen-bond donors (Lipinski definition) is 0. The molecular formula is C21H19F5N4O3. The number of aryl methyl sites for hydroxylation is 1. The van der Waals surface area contributed by atoms with Gasteiger partial charge in [-0.25, -0.2) is 13.2 Å². The zero-order chi connectivity index (χ0) is 23.7. The van der Waals surface area contributed by atoms with Gasteiger partial charge in [0, 0.05) is 51.5 Å². The normalized spacial score (nSPS) is 14.7. The van der Waals surface area contributed by atoms with E-state index in [-0.39, 0.29) is 17.4 Å². The van der Waals surface area contributed by atoms with E-state index in [1.54, 1.807) is 15.8 Å². The Balaban J connectivity index is 1.34. The Morgan fingerprint density at radius 3 is 2.24 bits per heavy atom. The average Bonchev–Trinajstić information content (AvgIpc) is 3.45. The van der Waals surface area contributed by atoms with Crippen molar-refractivity contribution in [2.75, 3.05) is 26.2 Å². The van der Waals surface area contributed by atoms with Crippen LogP contribution in [0.25, 0.3) is 0 Å². The molecule has 1 aliphatic rings. The summed E-state index contributed by atoms with van der Waals surface area (Å²) in [4.78, 5) is 16.5. The minimum Gasteiger partial charge on any atom is -0.479 e. The third-order valence-electron chi connectivity index (χ3n) is 5.22. The lowest BCUT2D eigenvalue weighted by Gasteiger charge is -2.34. The first-order chi connectivity index (χ1) is 15.7. The second-order valence-corrected chi connectivity index (χ2v) is 7.54. The van der Waals surface area contributed by atoms with Crippen LogP contribution in [0.15, 0.2) is 28.9 Å². The summed E-state index contributed by atoms with van der Waals surface area (Å²) in [7, 11) is 1.84. The Morgan fingerprint density at radius 2 is 1.64 bits per heavy atom. The average molecular weight is 470 g/mol. The van der Waals surface area contributed by atoms with Gasteiger partial charge in [0.15, 0.2) is 11.5 Å². The zero-order valence-corrected chi connectivity index (χ0v) is 17.5. The number of nitrogens with zero attached hydrogens (tertiary/aromatic N) is 4. The maximum atomic E-state index is 13.7. The Bertz CT molecular complexity index is 1140. The minimum atomic E-state index is -2.27. The Hall–Kier alpha value is -3.41. The van der Waals surface area contributed by atoms with E-state index in [0.717, 1.165) is 12.1 Å². The van der Waals surface area contributed by atoms with Crippen molar-refractivity contribution in [2.45, 2.75) is 13.2 Å². The van der Waals surface area contributed by atoms with Crippen molar-refractivity contribution in [1.29, 1.82) is 0 Å². The fourth-order valence-corrected chi connectivity index (χ4v) is 3.50. The lowest BCUT2D eigenvalue weighted by atomic mass is 10.2. The quantitative estimate of drug-likeness (QED) is 0.315. The smallest absolute Gasteiger partial charge is 0.289 e. The van der Waals surface area contributed by atoms with Gasteiger partial charge < -0.3 is 14.1 Å². The summed E-state index contributed by atoms with van der Waals surface area (Å²) in [5, 5.41) is 4.13. The van der Waals surface area contributed by atoms with E-state index < -0.39 is 41.4 Å². The van der Waals surface area contributed by atoms with E-state index >= 15 is 0 Å². The molecule has 33 heavy (non-hydrogen) atoms. The highest BCUT2D eigenvalue weighted by Crippen LogP contribution is 2.30. The van der Waals surface area contributed by atoms with Crippen LogP contribution in [0.5, 0.6) is 5.75 Å². The number of aromatic nitrogens is 2. The number of benzene rings is 1. The lowest BCUT2D eigenvalue weighted by molar-refractivity contribution is 0.0594. The van der Waals surface area contributed by atoms with Crippen LogP contribution in [0.1, 0.15) is 21.9 Å². The highest BCUT2D eigenvalue weighted by atomic mass is 19.2. The first kappa shape index (κ1) is 22.8. The summed E-state index contributed by atoms with van der Waals surface area (Å²) >= 11 is 0. The van der Waals surface area contributed by atoms with Gasteiger partial charge in [-0.15, -0.1) is 0 Å². The number of ether oxygens (including phenoxy) is 1. The van der Waals surface area contributed by atoms with Crippen LogP contribution in [0.2, 0.25) is 0 Å². The third kappa shape index (κ3) is 4.70. The van der Waals surface area contributed by atoms with E-state index in [9.17, 15) is 26.7 Å². The SMILES string of the molecule is Cn1cc(CN2CCN(C(=O)c3ccc(COc4c(F)c(F)c(F)c(F)c4F)o3)CC2)cn1. The molecule has 0 bridgehead atoms. The molecule has 1 amide bonds. The first-order valence-corrected chi connectivity index (χ1v) is 9.96. The molecule has 3 aromatic rings. The molecule has 2 aromatic heterocycles. The highest BCUT2D eigenvalue weighted by molar-refractivity contribution is 5.91. The molecule has 0 atom stereocenters. The molecule has 0 N–H and O–H groups in total. The fourth-order valence-electron chi connectivity index (χ4n) is 3.50. The van der Waals surface area contributed by atoms with Crippen molar-refractivity contribution < 1.29 is 35.9 Å². The number of amides is 1. The van der Waals surface area contributed by atoms with Crippen molar-refractivity contribution in [3.63, 3.8) is 0 Å². The Morgan fingerprint density at radius 1 is 1.00 bits per heavy atom. The third-order valence-corrected chi connectivity index (χ3v) is 5.22. The van der Waals surface area contributed by atoms with Crippen molar-refractivity contribution in [2.24, 2.45) is 7.05 Å². The van der Waals surface area contributed by atoms with Gasteiger partial charge in [-0.1, -0.05) is 0 Å². The van der Waals surface area contributed by atoms with Crippen molar-refractivity contribution in [1.82, 2.24) is 19.6 Å².